The maximum absolute atomic E-state index is 11.6. The number of ether oxygens (including phenoxy) is 1. The molecule has 1 rings (SSSR count). The van der Waals surface area contributed by atoms with E-state index in [0.29, 0.717) is 18.0 Å². The molecule has 2 N–H and O–H groups in total. The maximum atomic E-state index is 11.6. The number of amides is 1. The van der Waals surface area contributed by atoms with Gasteiger partial charge in [-0.2, -0.15) is 0 Å². The lowest BCUT2D eigenvalue weighted by molar-refractivity contribution is 0.0957. The second kappa shape index (κ2) is 7.32. The molecule has 0 atom stereocenters. The molecule has 0 saturated carbocycles. The van der Waals surface area contributed by atoms with Crippen molar-refractivity contribution in [1.29, 1.82) is 0 Å². The van der Waals surface area contributed by atoms with Crippen molar-refractivity contribution in [3.05, 3.63) is 16.1 Å². The Morgan fingerprint density at radius 2 is 2.31 bits per heavy atom. The van der Waals surface area contributed by atoms with E-state index in [1.54, 1.807) is 13.3 Å². The molecule has 1 aromatic rings. The average Bonchev–Trinajstić information content (AvgIpc) is 2.70. The van der Waals surface area contributed by atoms with E-state index < -0.39 is 0 Å². The molecule has 1 heterocycles. The Labute approximate surface area is 99.2 Å². The van der Waals surface area contributed by atoms with Crippen molar-refractivity contribution in [2.24, 2.45) is 0 Å². The summed E-state index contributed by atoms with van der Waals surface area (Å²) in [6.07, 6.45) is 1.60. The molecule has 0 bridgehead atoms. The van der Waals surface area contributed by atoms with Gasteiger partial charge in [-0.05, 0) is 6.92 Å². The van der Waals surface area contributed by atoms with Gasteiger partial charge in [-0.15, -0.1) is 11.3 Å². The Morgan fingerprint density at radius 1 is 1.50 bits per heavy atom. The molecule has 6 heteroatoms. The van der Waals surface area contributed by atoms with E-state index in [2.05, 4.69) is 15.6 Å². The zero-order valence-electron chi connectivity index (χ0n) is 9.58. The Kier molecular flexibility index (Phi) is 5.99. The minimum Gasteiger partial charge on any atom is -0.383 e. The normalized spacial score (nSPS) is 10.4. The summed E-state index contributed by atoms with van der Waals surface area (Å²) in [5.74, 6) is -0.0564. The molecule has 90 valence electrons. The number of nitrogens with zero attached hydrogens (tertiary/aromatic N) is 1. The molecular weight excluding hydrogens is 226 g/mol. The molecule has 1 aromatic heterocycles. The summed E-state index contributed by atoms with van der Waals surface area (Å²) < 4.78 is 4.89. The van der Waals surface area contributed by atoms with Crippen molar-refractivity contribution < 1.29 is 9.53 Å². The van der Waals surface area contributed by atoms with Gasteiger partial charge in [-0.25, -0.2) is 4.98 Å². The number of aryl methyl sites for hydroxylation is 1. The van der Waals surface area contributed by atoms with Crippen molar-refractivity contribution in [3.8, 4) is 0 Å². The predicted octanol–water partition coefficient (Wildman–Crippen LogP) is 0.417. The van der Waals surface area contributed by atoms with E-state index in [1.807, 2.05) is 6.92 Å². The minimum atomic E-state index is -0.0564. The minimum absolute atomic E-state index is 0.0564. The molecule has 0 saturated heterocycles. The Morgan fingerprint density at radius 3 is 2.94 bits per heavy atom. The Hall–Kier alpha value is -0.980. The number of carbonyl (C=O) groups is 1. The van der Waals surface area contributed by atoms with Crippen molar-refractivity contribution in [3.63, 3.8) is 0 Å². The van der Waals surface area contributed by atoms with Crippen molar-refractivity contribution in [2.45, 2.75) is 6.92 Å². The first-order chi connectivity index (χ1) is 7.74. The molecule has 1 amide bonds. The summed E-state index contributed by atoms with van der Waals surface area (Å²) in [5.41, 5.74) is 0. The van der Waals surface area contributed by atoms with Gasteiger partial charge in [0.1, 0.15) is 4.88 Å². The largest absolute Gasteiger partial charge is 0.383 e. The van der Waals surface area contributed by atoms with Crippen LogP contribution in [0.15, 0.2) is 6.20 Å². The Bertz CT molecular complexity index is 328. The first kappa shape index (κ1) is 13.1. The van der Waals surface area contributed by atoms with Crippen LogP contribution in [0.2, 0.25) is 0 Å². The van der Waals surface area contributed by atoms with Crippen LogP contribution in [0.5, 0.6) is 0 Å². The lowest BCUT2D eigenvalue weighted by atomic mass is 10.5. The number of carbonyl (C=O) groups excluding carboxylic acids is 1. The van der Waals surface area contributed by atoms with Gasteiger partial charge in [0.05, 0.1) is 17.8 Å². The Balaban J connectivity index is 2.11. The smallest absolute Gasteiger partial charge is 0.263 e. The standard InChI is InChI=1S/C10H17N3O2S/c1-8-13-7-9(16-8)10(14)12-4-3-11-5-6-15-2/h7,11H,3-6H2,1-2H3,(H,12,14). The summed E-state index contributed by atoms with van der Waals surface area (Å²) in [4.78, 5) is 16.2. The fraction of sp³-hybridized carbons (Fsp3) is 0.600. The van der Waals surface area contributed by atoms with Gasteiger partial charge < -0.3 is 15.4 Å². The van der Waals surface area contributed by atoms with E-state index in [1.165, 1.54) is 11.3 Å². The average molecular weight is 243 g/mol. The number of hydrogen-bond acceptors (Lipinski definition) is 5. The molecule has 0 aliphatic heterocycles. The zero-order valence-corrected chi connectivity index (χ0v) is 10.4. The third-order valence-electron chi connectivity index (χ3n) is 1.92. The second-order valence-corrected chi connectivity index (χ2v) is 4.48. The van der Waals surface area contributed by atoms with Crippen LogP contribution in [0.4, 0.5) is 0 Å². The second-order valence-electron chi connectivity index (χ2n) is 3.24. The highest BCUT2D eigenvalue weighted by Crippen LogP contribution is 2.10. The molecule has 0 fully saturated rings. The highest BCUT2D eigenvalue weighted by atomic mass is 32.1. The number of thiazole rings is 1. The van der Waals surface area contributed by atoms with Gasteiger partial charge in [0.15, 0.2) is 0 Å². The third kappa shape index (κ3) is 4.69. The lowest BCUT2D eigenvalue weighted by Crippen LogP contribution is -2.32. The maximum Gasteiger partial charge on any atom is 0.263 e. The fourth-order valence-electron chi connectivity index (χ4n) is 1.12. The summed E-state index contributed by atoms with van der Waals surface area (Å²) in [6, 6.07) is 0. The van der Waals surface area contributed by atoms with Gasteiger partial charge >= 0.3 is 0 Å². The van der Waals surface area contributed by atoms with Gasteiger partial charge in [0, 0.05) is 26.7 Å². The van der Waals surface area contributed by atoms with E-state index in [0.717, 1.165) is 18.1 Å². The first-order valence-corrected chi connectivity index (χ1v) is 5.96. The van der Waals surface area contributed by atoms with Crippen LogP contribution in [0, 0.1) is 6.92 Å². The summed E-state index contributed by atoms with van der Waals surface area (Å²) in [6.45, 7) is 4.72. The van der Waals surface area contributed by atoms with Crippen LogP contribution in [0.25, 0.3) is 0 Å². The number of methoxy groups -OCH3 is 1. The highest BCUT2D eigenvalue weighted by molar-refractivity contribution is 7.13. The number of nitrogens with one attached hydrogen (secondary N) is 2. The predicted molar refractivity (Wildman–Crippen MR) is 63.9 cm³/mol. The van der Waals surface area contributed by atoms with Gasteiger partial charge in [0.25, 0.3) is 5.91 Å². The molecular formula is C10H17N3O2S. The summed E-state index contributed by atoms with van der Waals surface area (Å²) in [5, 5.41) is 6.87. The molecule has 0 aromatic carbocycles. The number of hydrogen-bond donors (Lipinski definition) is 2. The van der Waals surface area contributed by atoms with Gasteiger partial charge in [0.2, 0.25) is 0 Å². The van der Waals surface area contributed by atoms with Gasteiger partial charge in [-0.1, -0.05) is 0 Å². The molecule has 0 spiro atoms. The highest BCUT2D eigenvalue weighted by Gasteiger charge is 2.07. The topological polar surface area (TPSA) is 63.2 Å². The van der Waals surface area contributed by atoms with Crippen molar-refractivity contribution in [2.75, 3.05) is 33.4 Å². The van der Waals surface area contributed by atoms with Crippen LogP contribution in [0.1, 0.15) is 14.7 Å². The van der Waals surface area contributed by atoms with E-state index in [9.17, 15) is 4.79 Å². The van der Waals surface area contributed by atoms with Crippen molar-refractivity contribution in [1.82, 2.24) is 15.6 Å². The molecule has 0 aliphatic carbocycles. The molecule has 0 unspecified atom stereocenters. The van der Waals surface area contributed by atoms with E-state index in [4.69, 9.17) is 4.74 Å². The van der Waals surface area contributed by atoms with Crippen LogP contribution in [-0.2, 0) is 4.74 Å². The summed E-state index contributed by atoms with van der Waals surface area (Å²) >= 11 is 1.40. The SMILES string of the molecule is COCCNCCNC(=O)c1cnc(C)s1. The molecule has 0 radical (unpaired) electrons. The van der Waals surface area contributed by atoms with Crippen LogP contribution in [-0.4, -0.2) is 44.2 Å². The number of aromatic nitrogens is 1. The number of rotatable bonds is 7. The van der Waals surface area contributed by atoms with Crippen LogP contribution < -0.4 is 10.6 Å². The first-order valence-electron chi connectivity index (χ1n) is 5.14. The zero-order chi connectivity index (χ0) is 11.8. The monoisotopic (exact) mass is 243 g/mol. The lowest BCUT2D eigenvalue weighted by Gasteiger charge is -2.04. The van der Waals surface area contributed by atoms with Crippen LogP contribution >= 0.6 is 11.3 Å². The third-order valence-corrected chi connectivity index (χ3v) is 2.83. The molecule has 16 heavy (non-hydrogen) atoms. The summed E-state index contributed by atoms with van der Waals surface area (Å²) in [7, 11) is 1.66. The van der Waals surface area contributed by atoms with Gasteiger partial charge in [-0.3, -0.25) is 4.79 Å². The fourth-order valence-corrected chi connectivity index (χ4v) is 1.81. The molecule has 5 nitrogen and oxygen atoms in total. The van der Waals surface area contributed by atoms with E-state index >= 15 is 0 Å². The van der Waals surface area contributed by atoms with Crippen molar-refractivity contribution >= 4 is 17.2 Å². The van der Waals surface area contributed by atoms with E-state index in [-0.39, 0.29) is 5.91 Å². The van der Waals surface area contributed by atoms with Crippen LogP contribution in [0.3, 0.4) is 0 Å². The molecule has 0 aliphatic rings. The quantitative estimate of drug-likeness (QED) is 0.681.